The molecule has 1 saturated carbocycles. The molecule has 4 aromatic carbocycles. The number of hydrogen-bond acceptors (Lipinski definition) is 6. The first-order valence-corrected chi connectivity index (χ1v) is 16.5. The first-order valence-electron chi connectivity index (χ1n) is 15.7. The topological polar surface area (TPSA) is 90.3 Å². The third-order valence-electron chi connectivity index (χ3n) is 8.28. The Bertz CT molecular complexity index is 1710. The Kier molecular flexibility index (Phi) is 11.3. The second-order valence-corrected chi connectivity index (χ2v) is 13.1. The van der Waals surface area contributed by atoms with Crippen molar-refractivity contribution in [2.75, 3.05) is 11.4 Å². The number of aromatic hydroxyl groups is 1. The minimum atomic E-state index is -4.85. The smallest absolute Gasteiger partial charge is 0.507 e. The minimum absolute atomic E-state index is 0.104. The van der Waals surface area contributed by atoms with Crippen LogP contribution in [0.25, 0.3) is 0 Å². The van der Waals surface area contributed by atoms with Crippen LogP contribution in [0.2, 0.25) is 0 Å². The number of aromatic carboxylic acids is 1. The van der Waals surface area contributed by atoms with Gasteiger partial charge in [-0.25, -0.2) is 9.10 Å². The zero-order valence-electron chi connectivity index (χ0n) is 26.5. The van der Waals surface area contributed by atoms with Crippen LogP contribution in [-0.2, 0) is 17.9 Å². The van der Waals surface area contributed by atoms with E-state index in [0.717, 1.165) is 28.9 Å². The van der Waals surface area contributed by atoms with Crippen molar-refractivity contribution in [3.8, 4) is 11.5 Å². The van der Waals surface area contributed by atoms with E-state index in [-0.39, 0.29) is 36.9 Å². The van der Waals surface area contributed by atoms with Gasteiger partial charge in [0.2, 0.25) is 5.91 Å². The van der Waals surface area contributed by atoms with Crippen molar-refractivity contribution in [2.45, 2.75) is 69.3 Å². The van der Waals surface area contributed by atoms with Gasteiger partial charge in [0, 0.05) is 23.2 Å². The molecule has 1 fully saturated rings. The van der Waals surface area contributed by atoms with Crippen LogP contribution in [0.3, 0.4) is 0 Å². The fraction of sp³-hybridized carbons (Fsp3) is 0.297. The van der Waals surface area contributed by atoms with E-state index in [9.17, 15) is 33.0 Å². The van der Waals surface area contributed by atoms with Gasteiger partial charge in [-0.1, -0.05) is 73.4 Å². The van der Waals surface area contributed by atoms with Gasteiger partial charge in [0.05, 0.1) is 13.1 Å². The highest BCUT2D eigenvalue weighted by Gasteiger charge is 2.31. The molecular weight excluding hydrogens is 641 g/mol. The van der Waals surface area contributed by atoms with Gasteiger partial charge in [-0.2, -0.15) is 0 Å². The first kappa shape index (κ1) is 34.8. The summed E-state index contributed by atoms with van der Waals surface area (Å²) in [6, 6.07) is 25.4. The van der Waals surface area contributed by atoms with Gasteiger partial charge in [-0.05, 0) is 90.7 Å². The number of phenols is 1. The lowest BCUT2D eigenvalue weighted by Crippen LogP contribution is -2.37. The normalized spacial score (nSPS) is 13.8. The van der Waals surface area contributed by atoms with Gasteiger partial charge < -0.3 is 19.8 Å². The van der Waals surface area contributed by atoms with Crippen LogP contribution in [0.5, 0.6) is 11.5 Å². The number of carbonyl (C=O) groups excluding carboxylic acids is 1. The number of anilines is 1. The number of hydrogen-bond donors (Lipinski definition) is 2. The highest BCUT2D eigenvalue weighted by Crippen LogP contribution is 2.34. The lowest BCUT2D eigenvalue weighted by atomic mass is 9.84. The summed E-state index contributed by atoms with van der Waals surface area (Å²) in [5.41, 5.74) is 3.67. The third-order valence-corrected chi connectivity index (χ3v) is 9.28. The molecule has 0 aromatic heterocycles. The zero-order chi connectivity index (χ0) is 34.3. The number of halogens is 3. The van der Waals surface area contributed by atoms with Crippen molar-refractivity contribution in [1.82, 2.24) is 4.31 Å². The van der Waals surface area contributed by atoms with Crippen molar-refractivity contribution in [3.05, 3.63) is 119 Å². The molecule has 4 aromatic rings. The highest BCUT2D eigenvalue weighted by atomic mass is 32.2. The molecule has 0 aliphatic heterocycles. The third kappa shape index (κ3) is 9.77. The van der Waals surface area contributed by atoms with Crippen LogP contribution < -0.4 is 9.64 Å². The summed E-state index contributed by atoms with van der Waals surface area (Å²) in [4.78, 5) is 28.1. The number of ether oxygens (including phenoxy) is 1. The van der Waals surface area contributed by atoms with Gasteiger partial charge in [-0.3, -0.25) is 4.79 Å². The predicted octanol–water partition coefficient (Wildman–Crippen LogP) is 9.09. The molecule has 0 spiro atoms. The molecule has 48 heavy (non-hydrogen) atoms. The number of rotatable bonds is 12. The molecule has 5 rings (SSSR count). The number of aryl methyl sites for hydroxylation is 1. The molecule has 1 aliphatic carbocycles. The summed E-state index contributed by atoms with van der Waals surface area (Å²) in [5.74, 6) is -1.99. The minimum Gasteiger partial charge on any atom is -0.507 e. The van der Waals surface area contributed by atoms with Crippen LogP contribution in [0.4, 0.5) is 18.9 Å². The fourth-order valence-corrected chi connectivity index (χ4v) is 6.80. The largest absolute Gasteiger partial charge is 0.573 e. The first-order chi connectivity index (χ1) is 22.9. The standard InChI is InChI=1S/C37H37F3N2O5S/c1-25-10-17-32(18-11-25)48-41(22-27-6-5-9-31(20-27)47-37(38,39)40)24-35(44)42(30-16-19-33(36(45)46)34(43)21-30)23-26-12-14-29(15-13-26)28-7-3-2-4-8-28/h5-6,9-21,28,43H,2-4,7-8,22-24H2,1H3,(H,45,46). The Morgan fingerprint density at radius 2 is 1.58 bits per heavy atom. The number of carboxylic acid groups (broad SMARTS) is 1. The Hall–Kier alpha value is -4.48. The van der Waals surface area contributed by atoms with Crippen LogP contribution in [-0.4, -0.2) is 39.3 Å². The van der Waals surface area contributed by atoms with Crippen LogP contribution >= 0.6 is 11.9 Å². The zero-order valence-corrected chi connectivity index (χ0v) is 27.3. The second-order valence-electron chi connectivity index (χ2n) is 12.0. The second kappa shape index (κ2) is 15.6. The van der Waals surface area contributed by atoms with Crippen molar-refractivity contribution in [1.29, 1.82) is 0 Å². The van der Waals surface area contributed by atoms with Crippen LogP contribution in [0.15, 0.2) is 95.9 Å². The summed E-state index contributed by atoms with van der Waals surface area (Å²) in [7, 11) is 0. The molecule has 0 bridgehead atoms. The maximum absolute atomic E-state index is 14.2. The molecule has 0 radical (unpaired) electrons. The number of amides is 1. The Morgan fingerprint density at radius 3 is 2.23 bits per heavy atom. The van der Waals surface area contributed by atoms with E-state index >= 15 is 0 Å². The van der Waals surface area contributed by atoms with E-state index in [4.69, 9.17) is 0 Å². The quantitative estimate of drug-likeness (QED) is 0.145. The summed E-state index contributed by atoms with van der Waals surface area (Å²) in [6.07, 6.45) is 1.13. The lowest BCUT2D eigenvalue weighted by molar-refractivity contribution is -0.274. The SMILES string of the molecule is Cc1ccc(SN(CC(=O)N(Cc2ccc(C3CCCCC3)cc2)c2ccc(C(=O)O)c(O)c2)Cc2cccc(OC(F)(F)F)c2)cc1. The van der Waals surface area contributed by atoms with Crippen LogP contribution in [0, 0.1) is 6.92 Å². The summed E-state index contributed by atoms with van der Waals surface area (Å²) >= 11 is 1.28. The highest BCUT2D eigenvalue weighted by molar-refractivity contribution is 7.97. The van der Waals surface area contributed by atoms with E-state index in [1.807, 2.05) is 43.3 Å². The molecule has 2 N–H and O–H groups in total. The number of nitrogens with zero attached hydrogens (tertiary/aromatic N) is 2. The van der Waals surface area contributed by atoms with Crippen molar-refractivity contribution in [2.24, 2.45) is 0 Å². The molecule has 0 heterocycles. The Morgan fingerprint density at radius 1 is 0.875 bits per heavy atom. The van der Waals surface area contributed by atoms with E-state index in [0.29, 0.717) is 17.2 Å². The molecule has 0 saturated heterocycles. The molecule has 7 nitrogen and oxygen atoms in total. The average molecular weight is 679 g/mol. The van der Waals surface area contributed by atoms with Gasteiger partial charge in [0.15, 0.2) is 0 Å². The van der Waals surface area contributed by atoms with E-state index in [1.54, 1.807) is 10.4 Å². The van der Waals surface area contributed by atoms with E-state index < -0.39 is 18.1 Å². The predicted molar refractivity (Wildman–Crippen MR) is 179 cm³/mol. The number of carbonyl (C=O) groups is 2. The van der Waals surface area contributed by atoms with Gasteiger partial charge in [-0.15, -0.1) is 13.2 Å². The number of carboxylic acids is 1. The summed E-state index contributed by atoms with van der Waals surface area (Å²) < 4.78 is 44.7. The molecule has 1 aliphatic rings. The molecule has 0 atom stereocenters. The molecule has 0 unspecified atom stereocenters. The molecule has 1 amide bonds. The monoisotopic (exact) mass is 678 g/mol. The van der Waals surface area contributed by atoms with Crippen molar-refractivity contribution in [3.63, 3.8) is 0 Å². The lowest BCUT2D eigenvalue weighted by Gasteiger charge is -2.28. The van der Waals surface area contributed by atoms with Crippen molar-refractivity contribution < 1.29 is 37.7 Å². The fourth-order valence-electron chi connectivity index (χ4n) is 5.86. The molecule has 252 valence electrons. The summed E-state index contributed by atoms with van der Waals surface area (Å²) in [6.45, 7) is 2.04. The Balaban J connectivity index is 1.43. The maximum Gasteiger partial charge on any atom is 0.573 e. The van der Waals surface area contributed by atoms with E-state index in [2.05, 4.69) is 16.9 Å². The Labute approximate surface area is 282 Å². The molecule has 11 heteroatoms. The van der Waals surface area contributed by atoms with Gasteiger partial charge in [0.25, 0.3) is 0 Å². The van der Waals surface area contributed by atoms with Gasteiger partial charge in [0.1, 0.15) is 17.1 Å². The van der Waals surface area contributed by atoms with E-state index in [1.165, 1.54) is 78.1 Å². The number of benzene rings is 4. The van der Waals surface area contributed by atoms with Gasteiger partial charge >= 0.3 is 12.3 Å². The maximum atomic E-state index is 14.2. The average Bonchev–Trinajstić information content (AvgIpc) is 3.04. The van der Waals surface area contributed by atoms with Crippen molar-refractivity contribution >= 4 is 29.5 Å². The number of alkyl halides is 3. The molecular formula is C37H37F3N2O5S. The van der Waals surface area contributed by atoms with Crippen LogP contribution in [0.1, 0.15) is 70.6 Å². The summed E-state index contributed by atoms with van der Waals surface area (Å²) in [5, 5.41) is 20.0.